The number of fused-ring (bicyclic) bond motifs is 1. The van der Waals surface area contributed by atoms with Gasteiger partial charge >= 0.3 is 0 Å². The Bertz CT molecular complexity index is 558. The van der Waals surface area contributed by atoms with Gasteiger partial charge < -0.3 is 5.11 Å². The quantitative estimate of drug-likeness (QED) is 0.908. The molecule has 20 heavy (non-hydrogen) atoms. The lowest BCUT2D eigenvalue weighted by atomic mass is 9.78. The third-order valence-corrected chi connectivity index (χ3v) is 6.58. The zero-order valence-corrected chi connectivity index (χ0v) is 12.3. The number of sulfonamides is 1. The van der Waals surface area contributed by atoms with Crippen molar-refractivity contribution in [2.24, 2.45) is 5.92 Å². The average molecular weight is 295 g/mol. The molecule has 2 aliphatic rings. The second-order valence-electron chi connectivity index (χ2n) is 5.80. The first kappa shape index (κ1) is 14.0. The van der Waals surface area contributed by atoms with Crippen LogP contribution in [0.2, 0.25) is 0 Å². The van der Waals surface area contributed by atoms with E-state index in [0.717, 1.165) is 25.7 Å². The van der Waals surface area contributed by atoms with Gasteiger partial charge in [0.15, 0.2) is 0 Å². The summed E-state index contributed by atoms with van der Waals surface area (Å²) in [6, 6.07) is 8.60. The molecule has 0 spiro atoms. The van der Waals surface area contributed by atoms with Gasteiger partial charge in [0.05, 0.1) is 11.0 Å². The molecular weight excluding hydrogens is 274 g/mol. The van der Waals surface area contributed by atoms with Gasteiger partial charge in [-0.1, -0.05) is 31.0 Å². The van der Waals surface area contributed by atoms with E-state index < -0.39 is 10.0 Å². The molecule has 4 nitrogen and oxygen atoms in total. The molecule has 1 N–H and O–H groups in total. The fraction of sp³-hybridized carbons (Fsp3) is 0.600. The molecule has 2 fully saturated rings. The number of benzene rings is 1. The third kappa shape index (κ3) is 2.38. The number of hydrogen-bond donors (Lipinski definition) is 1. The van der Waals surface area contributed by atoms with E-state index in [-0.39, 0.29) is 18.1 Å². The summed E-state index contributed by atoms with van der Waals surface area (Å²) in [5.41, 5.74) is 0. The molecule has 3 unspecified atom stereocenters. The van der Waals surface area contributed by atoms with Crippen molar-refractivity contribution in [2.75, 3.05) is 6.54 Å². The van der Waals surface area contributed by atoms with Crippen LogP contribution in [0.15, 0.2) is 35.2 Å². The molecule has 1 aromatic carbocycles. The van der Waals surface area contributed by atoms with Gasteiger partial charge in [0.1, 0.15) is 0 Å². The lowest BCUT2D eigenvalue weighted by Crippen LogP contribution is -2.54. The average Bonchev–Trinajstić information content (AvgIpc) is 2.48. The summed E-state index contributed by atoms with van der Waals surface area (Å²) in [5.74, 6) is 0.107. The number of aliphatic hydroxyl groups is 1. The standard InChI is InChI=1S/C15H21NO3S/c17-15-10-11-16(14-9-5-4-8-13(14)15)20(18,19)12-6-2-1-3-7-12/h1-3,6-7,13-15,17H,4-5,8-11H2. The van der Waals surface area contributed by atoms with E-state index in [0.29, 0.717) is 17.9 Å². The SMILES string of the molecule is O=S(=O)(c1ccccc1)N1CCC(O)C2CCCCC21. The Morgan fingerprint density at radius 1 is 1.05 bits per heavy atom. The highest BCUT2D eigenvalue weighted by Crippen LogP contribution is 2.38. The number of aliphatic hydroxyl groups excluding tert-OH is 1. The highest BCUT2D eigenvalue weighted by Gasteiger charge is 2.43. The molecule has 1 heterocycles. The Morgan fingerprint density at radius 2 is 1.75 bits per heavy atom. The van der Waals surface area contributed by atoms with Crippen molar-refractivity contribution in [2.45, 2.75) is 49.1 Å². The van der Waals surface area contributed by atoms with Gasteiger partial charge in [-0.3, -0.25) is 0 Å². The van der Waals surface area contributed by atoms with Gasteiger partial charge in [0, 0.05) is 18.5 Å². The summed E-state index contributed by atoms with van der Waals surface area (Å²) in [5, 5.41) is 10.1. The highest BCUT2D eigenvalue weighted by atomic mass is 32.2. The third-order valence-electron chi connectivity index (χ3n) is 4.64. The smallest absolute Gasteiger partial charge is 0.243 e. The molecule has 110 valence electrons. The van der Waals surface area contributed by atoms with Crippen LogP contribution in [0.4, 0.5) is 0 Å². The lowest BCUT2D eigenvalue weighted by molar-refractivity contribution is -0.00299. The Morgan fingerprint density at radius 3 is 2.50 bits per heavy atom. The van der Waals surface area contributed by atoms with Gasteiger partial charge in [-0.15, -0.1) is 0 Å². The minimum atomic E-state index is -3.43. The molecule has 3 atom stereocenters. The van der Waals surface area contributed by atoms with Crippen LogP contribution in [0.1, 0.15) is 32.1 Å². The topological polar surface area (TPSA) is 57.6 Å². The van der Waals surface area contributed by atoms with Gasteiger partial charge in [-0.2, -0.15) is 4.31 Å². The molecule has 1 saturated heterocycles. The summed E-state index contributed by atoms with van der Waals surface area (Å²) in [6.07, 6.45) is 4.15. The molecule has 0 radical (unpaired) electrons. The van der Waals surface area contributed by atoms with Crippen LogP contribution in [0.3, 0.4) is 0 Å². The fourth-order valence-electron chi connectivity index (χ4n) is 3.61. The van der Waals surface area contributed by atoms with E-state index in [9.17, 15) is 13.5 Å². The van der Waals surface area contributed by atoms with E-state index in [1.165, 1.54) is 0 Å². The van der Waals surface area contributed by atoms with Gasteiger partial charge in [-0.05, 0) is 31.4 Å². The maximum Gasteiger partial charge on any atom is 0.243 e. The van der Waals surface area contributed by atoms with Crippen LogP contribution in [0, 0.1) is 5.92 Å². The second kappa shape index (κ2) is 5.47. The summed E-state index contributed by atoms with van der Waals surface area (Å²) < 4.78 is 27.2. The van der Waals surface area contributed by atoms with Crippen LogP contribution in [0.25, 0.3) is 0 Å². The molecular formula is C15H21NO3S. The minimum Gasteiger partial charge on any atom is -0.393 e. The number of piperidine rings is 1. The Kier molecular flexibility index (Phi) is 3.84. The Labute approximate surface area is 120 Å². The predicted octanol–water partition coefficient (Wildman–Crippen LogP) is 2.00. The number of hydrogen-bond acceptors (Lipinski definition) is 3. The maximum atomic E-state index is 12.8. The van der Waals surface area contributed by atoms with Crippen molar-refractivity contribution < 1.29 is 13.5 Å². The number of nitrogens with zero attached hydrogens (tertiary/aromatic N) is 1. The van der Waals surface area contributed by atoms with Crippen molar-refractivity contribution >= 4 is 10.0 Å². The molecule has 5 heteroatoms. The molecule has 1 aliphatic heterocycles. The highest BCUT2D eigenvalue weighted by molar-refractivity contribution is 7.89. The Hall–Kier alpha value is -0.910. The molecule has 0 amide bonds. The first-order valence-electron chi connectivity index (χ1n) is 7.35. The summed E-state index contributed by atoms with van der Waals surface area (Å²) in [7, 11) is -3.43. The first-order chi connectivity index (χ1) is 9.60. The lowest BCUT2D eigenvalue weighted by Gasteiger charge is -2.45. The van der Waals surface area contributed by atoms with Gasteiger partial charge in [0.2, 0.25) is 10.0 Å². The molecule has 1 aromatic rings. The molecule has 3 rings (SSSR count). The zero-order valence-electron chi connectivity index (χ0n) is 11.5. The van der Waals surface area contributed by atoms with E-state index in [2.05, 4.69) is 0 Å². The number of rotatable bonds is 2. The van der Waals surface area contributed by atoms with E-state index in [4.69, 9.17) is 0 Å². The van der Waals surface area contributed by atoms with Crippen LogP contribution in [-0.4, -0.2) is 36.5 Å². The minimum absolute atomic E-state index is 0.0299. The van der Waals surface area contributed by atoms with Crippen LogP contribution >= 0.6 is 0 Å². The van der Waals surface area contributed by atoms with E-state index >= 15 is 0 Å². The largest absolute Gasteiger partial charge is 0.393 e. The monoisotopic (exact) mass is 295 g/mol. The summed E-state index contributed by atoms with van der Waals surface area (Å²) in [6.45, 7) is 0.430. The fourth-order valence-corrected chi connectivity index (χ4v) is 5.35. The molecule has 1 aliphatic carbocycles. The normalized spacial score (nSPS) is 31.8. The summed E-state index contributed by atoms with van der Waals surface area (Å²) >= 11 is 0. The molecule has 0 aromatic heterocycles. The van der Waals surface area contributed by atoms with Crippen LogP contribution in [-0.2, 0) is 10.0 Å². The van der Waals surface area contributed by atoms with Crippen molar-refractivity contribution in [3.8, 4) is 0 Å². The van der Waals surface area contributed by atoms with E-state index in [1.807, 2.05) is 6.07 Å². The summed E-state index contributed by atoms with van der Waals surface area (Å²) in [4.78, 5) is 0.362. The van der Waals surface area contributed by atoms with Crippen molar-refractivity contribution in [3.63, 3.8) is 0 Å². The van der Waals surface area contributed by atoms with Crippen molar-refractivity contribution in [3.05, 3.63) is 30.3 Å². The molecule has 0 bridgehead atoms. The zero-order chi connectivity index (χ0) is 14.2. The van der Waals surface area contributed by atoms with Gasteiger partial charge in [0.25, 0.3) is 0 Å². The van der Waals surface area contributed by atoms with Crippen molar-refractivity contribution in [1.82, 2.24) is 4.31 Å². The Balaban J connectivity index is 1.93. The molecule has 1 saturated carbocycles. The predicted molar refractivity (Wildman–Crippen MR) is 76.7 cm³/mol. The second-order valence-corrected chi connectivity index (χ2v) is 7.69. The van der Waals surface area contributed by atoms with Crippen molar-refractivity contribution in [1.29, 1.82) is 0 Å². The van der Waals surface area contributed by atoms with E-state index in [1.54, 1.807) is 28.6 Å². The first-order valence-corrected chi connectivity index (χ1v) is 8.79. The van der Waals surface area contributed by atoms with Gasteiger partial charge in [-0.25, -0.2) is 8.42 Å². The maximum absolute atomic E-state index is 12.8. The van der Waals surface area contributed by atoms with Crippen LogP contribution in [0.5, 0.6) is 0 Å². The van der Waals surface area contributed by atoms with Crippen LogP contribution < -0.4 is 0 Å².